The van der Waals surface area contributed by atoms with Crippen LogP contribution in [0.2, 0.25) is 5.22 Å². The summed E-state index contributed by atoms with van der Waals surface area (Å²) in [4.78, 5) is 0. The van der Waals surface area contributed by atoms with Crippen LogP contribution in [0.15, 0.2) is 34.9 Å². The van der Waals surface area contributed by atoms with Gasteiger partial charge in [-0.2, -0.15) is 0 Å². The van der Waals surface area contributed by atoms with Crippen LogP contribution < -0.4 is 0 Å². The minimum atomic E-state index is 0.167. The summed E-state index contributed by atoms with van der Waals surface area (Å²) < 4.78 is 4.83. The van der Waals surface area contributed by atoms with Crippen molar-refractivity contribution in [2.24, 2.45) is 0 Å². The summed E-state index contributed by atoms with van der Waals surface area (Å²) in [5.74, 6) is 0. The smallest absolute Gasteiger partial charge is 0.226 e. The van der Waals surface area contributed by atoms with E-state index < -0.39 is 0 Å². The molecule has 16 heavy (non-hydrogen) atoms. The molecule has 0 unspecified atom stereocenters. The molecule has 0 amide bonds. The summed E-state index contributed by atoms with van der Waals surface area (Å²) in [5, 5.41) is 4.19. The van der Waals surface area contributed by atoms with E-state index in [0.717, 1.165) is 11.3 Å². The lowest BCUT2D eigenvalue weighted by Crippen LogP contribution is -2.10. The molecule has 0 N–H and O–H groups in total. The van der Waals surface area contributed by atoms with Gasteiger partial charge in [-0.25, -0.2) is 0 Å². The van der Waals surface area contributed by atoms with Crippen LogP contribution in [0.4, 0.5) is 0 Å². The summed E-state index contributed by atoms with van der Waals surface area (Å²) in [6, 6.07) is 10.0. The third-order valence-electron chi connectivity index (χ3n) is 2.53. The van der Waals surface area contributed by atoms with E-state index in [-0.39, 0.29) is 5.41 Å². The maximum absolute atomic E-state index is 5.68. The Morgan fingerprint density at radius 3 is 2.19 bits per heavy atom. The molecule has 0 saturated carbocycles. The minimum absolute atomic E-state index is 0.167. The normalized spacial score (nSPS) is 11.8. The quantitative estimate of drug-likeness (QED) is 0.737. The third-order valence-corrected chi connectivity index (χ3v) is 2.71. The van der Waals surface area contributed by atoms with Crippen LogP contribution in [0.5, 0.6) is 0 Å². The number of hydrogen-bond acceptors (Lipinski definition) is 2. The van der Waals surface area contributed by atoms with Gasteiger partial charge in [-0.05, 0) is 22.6 Å². The van der Waals surface area contributed by atoms with E-state index in [0.29, 0.717) is 5.22 Å². The lowest BCUT2D eigenvalue weighted by atomic mass is 9.86. The van der Waals surface area contributed by atoms with E-state index in [4.69, 9.17) is 16.1 Å². The van der Waals surface area contributed by atoms with Crippen LogP contribution in [0, 0.1) is 0 Å². The molecule has 2 aromatic rings. The van der Waals surface area contributed by atoms with Gasteiger partial charge in [0.2, 0.25) is 5.22 Å². The predicted molar refractivity (Wildman–Crippen MR) is 65.6 cm³/mol. The van der Waals surface area contributed by atoms with Crippen molar-refractivity contribution in [2.45, 2.75) is 26.2 Å². The molecule has 1 heterocycles. The zero-order valence-electron chi connectivity index (χ0n) is 9.62. The van der Waals surface area contributed by atoms with Gasteiger partial charge in [0, 0.05) is 11.6 Å². The standard InChI is InChI=1S/C13H14ClNO/c1-13(2,3)10-6-4-9(5-7-10)11-8-12(14)16-15-11/h4-8H,1-3H3. The number of nitrogens with zero attached hydrogens (tertiary/aromatic N) is 1. The van der Waals surface area contributed by atoms with Gasteiger partial charge in [-0.3, -0.25) is 0 Å². The molecule has 3 heteroatoms. The van der Waals surface area contributed by atoms with Gasteiger partial charge in [0.25, 0.3) is 0 Å². The lowest BCUT2D eigenvalue weighted by molar-refractivity contribution is 0.424. The van der Waals surface area contributed by atoms with Gasteiger partial charge < -0.3 is 4.52 Å². The first-order valence-electron chi connectivity index (χ1n) is 5.20. The fourth-order valence-corrected chi connectivity index (χ4v) is 1.67. The zero-order chi connectivity index (χ0) is 11.8. The molecule has 0 saturated heterocycles. The van der Waals surface area contributed by atoms with Crippen LogP contribution in [0.1, 0.15) is 26.3 Å². The van der Waals surface area contributed by atoms with Crippen LogP contribution in [-0.2, 0) is 5.41 Å². The average Bonchev–Trinajstić information content (AvgIpc) is 2.64. The number of aromatic nitrogens is 1. The summed E-state index contributed by atoms with van der Waals surface area (Å²) in [5.41, 5.74) is 3.25. The topological polar surface area (TPSA) is 26.0 Å². The monoisotopic (exact) mass is 235 g/mol. The summed E-state index contributed by atoms with van der Waals surface area (Å²) >= 11 is 5.68. The van der Waals surface area contributed by atoms with E-state index >= 15 is 0 Å². The molecule has 2 nitrogen and oxygen atoms in total. The molecular formula is C13H14ClNO. The van der Waals surface area contributed by atoms with Crippen molar-refractivity contribution >= 4 is 11.6 Å². The van der Waals surface area contributed by atoms with Gasteiger partial charge in [-0.1, -0.05) is 50.2 Å². The van der Waals surface area contributed by atoms with Crippen molar-refractivity contribution in [3.05, 3.63) is 41.1 Å². The second-order valence-corrected chi connectivity index (χ2v) is 5.22. The summed E-state index contributed by atoms with van der Waals surface area (Å²) in [7, 11) is 0. The second-order valence-electron chi connectivity index (χ2n) is 4.84. The Hall–Kier alpha value is -1.28. The SMILES string of the molecule is CC(C)(C)c1ccc(-c2cc(Cl)on2)cc1. The Balaban J connectivity index is 2.33. The van der Waals surface area contributed by atoms with Crippen molar-refractivity contribution in [1.82, 2.24) is 5.16 Å². The molecule has 0 spiro atoms. The molecule has 2 rings (SSSR count). The maximum atomic E-state index is 5.68. The van der Waals surface area contributed by atoms with Crippen molar-refractivity contribution in [3.8, 4) is 11.3 Å². The maximum Gasteiger partial charge on any atom is 0.226 e. The van der Waals surface area contributed by atoms with Crippen molar-refractivity contribution < 1.29 is 4.52 Å². The van der Waals surface area contributed by atoms with E-state index in [1.54, 1.807) is 6.07 Å². The van der Waals surface area contributed by atoms with E-state index in [9.17, 15) is 0 Å². The number of halogens is 1. The number of rotatable bonds is 1. The van der Waals surface area contributed by atoms with E-state index in [1.165, 1.54) is 5.56 Å². The van der Waals surface area contributed by atoms with Gasteiger partial charge in [0.15, 0.2) is 0 Å². The van der Waals surface area contributed by atoms with Gasteiger partial charge in [0.05, 0.1) is 0 Å². The molecule has 1 aromatic carbocycles. The van der Waals surface area contributed by atoms with Crippen LogP contribution in [0.3, 0.4) is 0 Å². The average molecular weight is 236 g/mol. The first-order chi connectivity index (χ1) is 7.47. The first-order valence-corrected chi connectivity index (χ1v) is 5.58. The highest BCUT2D eigenvalue weighted by molar-refractivity contribution is 6.29. The fourth-order valence-electron chi connectivity index (χ4n) is 1.53. The molecule has 1 aromatic heterocycles. The molecule has 0 radical (unpaired) electrons. The minimum Gasteiger partial charge on any atom is -0.344 e. The second kappa shape index (κ2) is 3.95. The van der Waals surface area contributed by atoms with Crippen LogP contribution in [0.25, 0.3) is 11.3 Å². The van der Waals surface area contributed by atoms with Gasteiger partial charge in [0.1, 0.15) is 5.69 Å². The number of hydrogen-bond donors (Lipinski definition) is 0. The van der Waals surface area contributed by atoms with E-state index in [2.05, 4.69) is 38.1 Å². The van der Waals surface area contributed by atoms with Crippen molar-refractivity contribution in [2.75, 3.05) is 0 Å². The molecular weight excluding hydrogens is 222 g/mol. The Morgan fingerprint density at radius 1 is 1.12 bits per heavy atom. The largest absolute Gasteiger partial charge is 0.344 e. The Kier molecular flexibility index (Phi) is 2.76. The van der Waals surface area contributed by atoms with Gasteiger partial charge >= 0.3 is 0 Å². The Morgan fingerprint density at radius 2 is 1.75 bits per heavy atom. The van der Waals surface area contributed by atoms with Crippen LogP contribution in [-0.4, -0.2) is 5.16 Å². The molecule has 0 aliphatic carbocycles. The number of benzene rings is 1. The Labute approximate surface area is 100 Å². The molecule has 0 bridgehead atoms. The third kappa shape index (κ3) is 2.27. The van der Waals surface area contributed by atoms with Crippen LogP contribution >= 0.6 is 11.6 Å². The highest BCUT2D eigenvalue weighted by Crippen LogP contribution is 2.26. The first kappa shape index (κ1) is 11.2. The zero-order valence-corrected chi connectivity index (χ0v) is 10.4. The van der Waals surface area contributed by atoms with Gasteiger partial charge in [-0.15, -0.1) is 0 Å². The molecule has 0 aliphatic heterocycles. The molecule has 0 aliphatic rings. The Bertz CT molecular complexity index is 479. The van der Waals surface area contributed by atoms with E-state index in [1.807, 2.05) is 12.1 Å². The predicted octanol–water partition coefficient (Wildman–Crippen LogP) is 4.29. The summed E-state index contributed by atoms with van der Waals surface area (Å²) in [6.45, 7) is 6.57. The lowest BCUT2D eigenvalue weighted by Gasteiger charge is -2.18. The molecule has 0 atom stereocenters. The highest BCUT2D eigenvalue weighted by Gasteiger charge is 2.13. The molecule has 84 valence electrons. The van der Waals surface area contributed by atoms with Crippen molar-refractivity contribution in [3.63, 3.8) is 0 Å². The summed E-state index contributed by atoms with van der Waals surface area (Å²) in [6.07, 6.45) is 0. The molecule has 0 fully saturated rings. The fraction of sp³-hybridized carbons (Fsp3) is 0.308. The highest BCUT2D eigenvalue weighted by atomic mass is 35.5. The van der Waals surface area contributed by atoms with Crippen molar-refractivity contribution in [1.29, 1.82) is 0 Å².